The summed E-state index contributed by atoms with van der Waals surface area (Å²) in [5, 5.41) is 2.24. The molecule has 0 radical (unpaired) electrons. The van der Waals surface area contributed by atoms with Gasteiger partial charge < -0.3 is 13.3 Å². The molecule has 0 N–H and O–H groups in total. The van der Waals surface area contributed by atoms with E-state index in [2.05, 4.69) is 29.2 Å². The Labute approximate surface area is 143 Å². The average molecular weight is 339 g/mol. The fourth-order valence-electron chi connectivity index (χ4n) is 2.72. The van der Waals surface area contributed by atoms with Crippen molar-refractivity contribution in [2.24, 2.45) is 0 Å². The second kappa shape index (κ2) is 7.68. The van der Waals surface area contributed by atoms with E-state index in [4.69, 9.17) is 13.3 Å². The number of nitrogens with zero attached hydrogens (tertiary/aromatic N) is 1. The van der Waals surface area contributed by atoms with E-state index in [0.717, 1.165) is 22.0 Å². The first-order valence-electron chi connectivity index (χ1n) is 7.87. The van der Waals surface area contributed by atoms with E-state index in [1.807, 2.05) is 36.4 Å². The van der Waals surface area contributed by atoms with Gasteiger partial charge in [-0.05, 0) is 17.0 Å². The van der Waals surface area contributed by atoms with Crippen LogP contribution in [0.5, 0.6) is 0 Å². The minimum Gasteiger partial charge on any atom is -0.377 e. The van der Waals surface area contributed by atoms with Crippen molar-refractivity contribution in [1.82, 2.24) is 4.98 Å². The molecule has 0 aliphatic heterocycles. The monoisotopic (exact) mass is 339 g/mol. The van der Waals surface area contributed by atoms with Gasteiger partial charge in [-0.2, -0.15) is 0 Å². The third-order valence-corrected chi connectivity index (χ3v) is 6.74. The normalized spacial score (nSPS) is 11.8. The summed E-state index contributed by atoms with van der Waals surface area (Å²) in [6.07, 6.45) is 1.81. The Bertz CT molecular complexity index is 785. The lowest BCUT2D eigenvalue weighted by Crippen LogP contribution is -2.46. The molecule has 0 aliphatic carbocycles. The van der Waals surface area contributed by atoms with Crippen molar-refractivity contribution in [3.8, 4) is 0 Å². The summed E-state index contributed by atoms with van der Waals surface area (Å²) in [6.45, 7) is 0.363. The molecule has 0 saturated carbocycles. The van der Waals surface area contributed by atoms with Crippen LogP contribution in [0.4, 0.5) is 0 Å². The van der Waals surface area contributed by atoms with Crippen molar-refractivity contribution in [3.63, 3.8) is 0 Å². The SMILES string of the molecule is CO[Si](Cc1ccccc1)(OC)OCc1nccc2ccccc12. The highest BCUT2D eigenvalue weighted by molar-refractivity contribution is 6.60. The lowest BCUT2D eigenvalue weighted by molar-refractivity contribution is 0.0896. The predicted molar refractivity (Wildman–Crippen MR) is 96.5 cm³/mol. The van der Waals surface area contributed by atoms with Crippen LogP contribution in [-0.2, 0) is 25.9 Å². The Morgan fingerprint density at radius 1 is 0.875 bits per heavy atom. The van der Waals surface area contributed by atoms with Crippen LogP contribution in [0, 0.1) is 0 Å². The summed E-state index contributed by atoms with van der Waals surface area (Å²) in [5.41, 5.74) is 2.03. The molecule has 3 aromatic rings. The van der Waals surface area contributed by atoms with Gasteiger partial charge in [0.05, 0.1) is 12.3 Å². The highest BCUT2D eigenvalue weighted by Crippen LogP contribution is 2.21. The molecule has 0 atom stereocenters. The maximum absolute atomic E-state index is 6.16. The number of aromatic nitrogens is 1. The molecule has 5 heteroatoms. The second-order valence-electron chi connectivity index (χ2n) is 5.52. The zero-order valence-corrected chi connectivity index (χ0v) is 14.9. The van der Waals surface area contributed by atoms with E-state index in [-0.39, 0.29) is 0 Å². The molecule has 0 unspecified atom stereocenters. The van der Waals surface area contributed by atoms with Gasteiger partial charge in [0.2, 0.25) is 0 Å². The van der Waals surface area contributed by atoms with Gasteiger partial charge in [0.25, 0.3) is 0 Å². The van der Waals surface area contributed by atoms with Gasteiger partial charge >= 0.3 is 8.80 Å². The van der Waals surface area contributed by atoms with Gasteiger partial charge in [-0.25, -0.2) is 0 Å². The highest BCUT2D eigenvalue weighted by Gasteiger charge is 2.39. The molecule has 1 aromatic heterocycles. The van der Waals surface area contributed by atoms with Crippen molar-refractivity contribution in [2.75, 3.05) is 14.2 Å². The zero-order valence-electron chi connectivity index (χ0n) is 13.9. The highest BCUT2D eigenvalue weighted by atomic mass is 28.4. The maximum atomic E-state index is 6.16. The predicted octanol–water partition coefficient (Wildman–Crippen LogP) is 3.77. The maximum Gasteiger partial charge on any atom is 0.505 e. The van der Waals surface area contributed by atoms with Gasteiger partial charge in [-0.15, -0.1) is 0 Å². The van der Waals surface area contributed by atoms with Crippen LogP contribution in [0.3, 0.4) is 0 Å². The zero-order chi connectivity index (χ0) is 16.8. The fraction of sp³-hybridized carbons (Fsp3) is 0.211. The van der Waals surface area contributed by atoms with Gasteiger partial charge in [-0.1, -0.05) is 54.6 Å². The van der Waals surface area contributed by atoms with Crippen molar-refractivity contribution >= 4 is 19.6 Å². The summed E-state index contributed by atoms with van der Waals surface area (Å²) in [5.74, 6) is 0. The van der Waals surface area contributed by atoms with Crippen LogP contribution in [0.1, 0.15) is 11.3 Å². The standard InChI is InChI=1S/C19H21NO3Si/c1-21-24(22-2,15-16-8-4-3-5-9-16)23-14-19-18-11-7-6-10-17(18)12-13-20-19/h3-13H,14-15H2,1-2H3. The third kappa shape index (κ3) is 3.71. The van der Waals surface area contributed by atoms with Gasteiger partial charge in [0, 0.05) is 31.8 Å². The van der Waals surface area contributed by atoms with Gasteiger partial charge in [-0.3, -0.25) is 4.98 Å². The number of hydrogen-bond acceptors (Lipinski definition) is 4. The van der Waals surface area contributed by atoms with Crippen LogP contribution < -0.4 is 0 Å². The third-order valence-electron chi connectivity index (χ3n) is 4.07. The Kier molecular flexibility index (Phi) is 5.37. The molecule has 2 aromatic carbocycles. The second-order valence-corrected chi connectivity index (χ2v) is 8.35. The molecule has 124 valence electrons. The van der Waals surface area contributed by atoms with E-state index in [1.54, 1.807) is 20.4 Å². The first kappa shape index (κ1) is 16.8. The summed E-state index contributed by atoms with van der Waals surface area (Å²) in [4.78, 5) is 4.47. The number of hydrogen-bond donors (Lipinski definition) is 0. The Balaban J connectivity index is 1.81. The fourth-order valence-corrected chi connectivity index (χ4v) is 4.60. The van der Waals surface area contributed by atoms with Gasteiger partial charge in [0.15, 0.2) is 0 Å². The van der Waals surface area contributed by atoms with Crippen LogP contribution in [-0.4, -0.2) is 28.0 Å². The lowest BCUT2D eigenvalue weighted by Gasteiger charge is -2.26. The molecular weight excluding hydrogens is 318 g/mol. The smallest absolute Gasteiger partial charge is 0.377 e. The Morgan fingerprint density at radius 3 is 2.33 bits per heavy atom. The van der Waals surface area contributed by atoms with E-state index in [1.165, 1.54) is 0 Å². The molecule has 3 rings (SSSR count). The first-order valence-corrected chi connectivity index (χ1v) is 9.80. The van der Waals surface area contributed by atoms with Crippen LogP contribution in [0.2, 0.25) is 0 Å². The number of rotatable bonds is 7. The van der Waals surface area contributed by atoms with E-state index >= 15 is 0 Å². The average Bonchev–Trinajstić information content (AvgIpc) is 2.66. The van der Waals surface area contributed by atoms with Crippen LogP contribution in [0.25, 0.3) is 10.8 Å². The minimum absolute atomic E-state index is 0.363. The van der Waals surface area contributed by atoms with Crippen LogP contribution >= 0.6 is 0 Å². The van der Waals surface area contributed by atoms with Gasteiger partial charge in [0.1, 0.15) is 0 Å². The Morgan fingerprint density at radius 2 is 1.58 bits per heavy atom. The lowest BCUT2D eigenvalue weighted by atomic mass is 10.1. The molecule has 0 saturated heterocycles. The molecule has 1 heterocycles. The Hall–Kier alpha value is -2.05. The molecule has 0 bridgehead atoms. The molecule has 0 aliphatic rings. The number of benzene rings is 2. The molecular formula is C19H21NO3Si. The first-order chi connectivity index (χ1) is 11.8. The van der Waals surface area contributed by atoms with E-state index < -0.39 is 8.80 Å². The molecule has 0 spiro atoms. The molecule has 0 fully saturated rings. The van der Waals surface area contributed by atoms with Crippen molar-refractivity contribution in [3.05, 3.63) is 78.1 Å². The molecule has 4 nitrogen and oxygen atoms in total. The number of pyridine rings is 1. The van der Waals surface area contributed by atoms with Crippen molar-refractivity contribution in [1.29, 1.82) is 0 Å². The number of fused-ring (bicyclic) bond motifs is 1. The van der Waals surface area contributed by atoms with E-state index in [9.17, 15) is 0 Å². The molecule has 24 heavy (non-hydrogen) atoms. The summed E-state index contributed by atoms with van der Waals surface area (Å²) < 4.78 is 17.5. The van der Waals surface area contributed by atoms with E-state index in [0.29, 0.717) is 12.7 Å². The summed E-state index contributed by atoms with van der Waals surface area (Å²) in [7, 11) is 0.502. The molecule has 0 amide bonds. The van der Waals surface area contributed by atoms with Crippen LogP contribution in [0.15, 0.2) is 66.9 Å². The summed E-state index contributed by atoms with van der Waals surface area (Å²) in [6, 6.07) is 20.9. The quantitative estimate of drug-likeness (QED) is 0.615. The van der Waals surface area contributed by atoms with Crippen molar-refractivity contribution < 1.29 is 13.3 Å². The topological polar surface area (TPSA) is 40.6 Å². The summed E-state index contributed by atoms with van der Waals surface area (Å²) >= 11 is 0. The van der Waals surface area contributed by atoms with Crippen molar-refractivity contribution in [2.45, 2.75) is 12.7 Å². The minimum atomic E-state index is -2.79. The largest absolute Gasteiger partial charge is 0.505 e.